The number of halogens is 1. The number of rotatable bonds is 2. The van der Waals surface area contributed by atoms with Gasteiger partial charge < -0.3 is 5.73 Å². The molecule has 110 valence electrons. The third-order valence-corrected chi connectivity index (χ3v) is 4.79. The van der Waals surface area contributed by atoms with Crippen LogP contribution < -0.4 is 5.73 Å². The Balaban J connectivity index is 2.30. The SMILES string of the molecule is Cc1ccccc1-c1ccc(N)c(C)c1-c1ccc(I)cc1. The molecule has 0 unspecified atom stereocenters. The van der Waals surface area contributed by atoms with E-state index < -0.39 is 0 Å². The molecule has 0 amide bonds. The lowest BCUT2D eigenvalue weighted by molar-refractivity contribution is 1.42. The Morgan fingerprint density at radius 1 is 0.773 bits per heavy atom. The van der Waals surface area contributed by atoms with Gasteiger partial charge >= 0.3 is 0 Å². The van der Waals surface area contributed by atoms with Crippen LogP contribution in [0.1, 0.15) is 11.1 Å². The van der Waals surface area contributed by atoms with E-state index in [4.69, 9.17) is 5.73 Å². The van der Waals surface area contributed by atoms with E-state index in [9.17, 15) is 0 Å². The molecule has 3 aromatic rings. The highest BCUT2D eigenvalue weighted by Crippen LogP contribution is 2.38. The van der Waals surface area contributed by atoms with Gasteiger partial charge in [0.05, 0.1) is 0 Å². The van der Waals surface area contributed by atoms with E-state index in [1.54, 1.807) is 0 Å². The molecule has 0 radical (unpaired) electrons. The second-order valence-corrected chi connectivity index (χ2v) is 6.77. The fraction of sp³-hybridized carbons (Fsp3) is 0.100. The van der Waals surface area contributed by atoms with Crippen molar-refractivity contribution in [2.45, 2.75) is 13.8 Å². The summed E-state index contributed by atoms with van der Waals surface area (Å²) in [5.41, 5.74) is 14.4. The molecular formula is C20H18IN. The van der Waals surface area contributed by atoms with Crippen LogP contribution in [-0.4, -0.2) is 0 Å². The van der Waals surface area contributed by atoms with Crippen LogP contribution >= 0.6 is 22.6 Å². The van der Waals surface area contributed by atoms with Crippen molar-refractivity contribution in [1.82, 2.24) is 0 Å². The summed E-state index contributed by atoms with van der Waals surface area (Å²) in [7, 11) is 0. The van der Waals surface area contributed by atoms with Gasteiger partial charge in [0.25, 0.3) is 0 Å². The molecule has 3 aromatic carbocycles. The topological polar surface area (TPSA) is 26.0 Å². The van der Waals surface area contributed by atoms with Crippen LogP contribution in [0.4, 0.5) is 5.69 Å². The Hall–Kier alpha value is -1.81. The van der Waals surface area contributed by atoms with Crippen LogP contribution in [0.25, 0.3) is 22.3 Å². The fourth-order valence-corrected chi connectivity index (χ4v) is 3.18. The zero-order valence-electron chi connectivity index (χ0n) is 12.7. The summed E-state index contributed by atoms with van der Waals surface area (Å²) in [6.45, 7) is 4.25. The maximum Gasteiger partial charge on any atom is 0.0350 e. The molecule has 0 bridgehead atoms. The normalized spacial score (nSPS) is 10.7. The van der Waals surface area contributed by atoms with E-state index >= 15 is 0 Å². The van der Waals surface area contributed by atoms with Gasteiger partial charge in [-0.3, -0.25) is 0 Å². The number of benzene rings is 3. The lowest BCUT2D eigenvalue weighted by atomic mass is 9.88. The molecule has 0 spiro atoms. The Kier molecular flexibility index (Phi) is 4.21. The first-order valence-corrected chi connectivity index (χ1v) is 8.37. The summed E-state index contributed by atoms with van der Waals surface area (Å²) in [5.74, 6) is 0. The number of hydrogen-bond acceptors (Lipinski definition) is 1. The third kappa shape index (κ3) is 2.75. The van der Waals surface area contributed by atoms with Crippen molar-refractivity contribution < 1.29 is 0 Å². The largest absolute Gasteiger partial charge is 0.398 e. The highest BCUT2D eigenvalue weighted by molar-refractivity contribution is 14.1. The number of anilines is 1. The Morgan fingerprint density at radius 3 is 2.14 bits per heavy atom. The predicted octanol–water partition coefficient (Wildman–Crippen LogP) is 5.82. The van der Waals surface area contributed by atoms with E-state index in [0.717, 1.165) is 11.3 Å². The maximum absolute atomic E-state index is 6.17. The molecule has 0 aliphatic rings. The number of nitrogen functional groups attached to an aromatic ring is 1. The number of aryl methyl sites for hydroxylation is 1. The molecule has 0 atom stereocenters. The first-order valence-electron chi connectivity index (χ1n) is 7.29. The Bertz CT molecular complexity index is 820. The maximum atomic E-state index is 6.17. The van der Waals surface area contributed by atoms with Crippen molar-refractivity contribution in [1.29, 1.82) is 0 Å². The summed E-state index contributed by atoms with van der Waals surface area (Å²) >= 11 is 2.33. The number of nitrogens with two attached hydrogens (primary N) is 1. The van der Waals surface area contributed by atoms with Crippen molar-refractivity contribution >= 4 is 28.3 Å². The van der Waals surface area contributed by atoms with Crippen LogP contribution in [0.15, 0.2) is 60.7 Å². The Labute approximate surface area is 145 Å². The summed E-state index contributed by atoms with van der Waals surface area (Å²) in [5, 5.41) is 0. The summed E-state index contributed by atoms with van der Waals surface area (Å²) in [4.78, 5) is 0. The minimum atomic E-state index is 0.839. The molecule has 0 heterocycles. The van der Waals surface area contributed by atoms with Gasteiger partial charge in [-0.15, -0.1) is 0 Å². The van der Waals surface area contributed by atoms with E-state index in [-0.39, 0.29) is 0 Å². The van der Waals surface area contributed by atoms with Gasteiger partial charge in [-0.1, -0.05) is 42.5 Å². The molecule has 0 aliphatic carbocycles. The van der Waals surface area contributed by atoms with Crippen molar-refractivity contribution in [3.8, 4) is 22.3 Å². The molecule has 0 saturated heterocycles. The van der Waals surface area contributed by atoms with E-state index in [0.29, 0.717) is 0 Å². The zero-order valence-corrected chi connectivity index (χ0v) is 14.9. The molecule has 0 saturated carbocycles. The lowest BCUT2D eigenvalue weighted by Gasteiger charge is -2.17. The Morgan fingerprint density at radius 2 is 1.45 bits per heavy atom. The monoisotopic (exact) mass is 399 g/mol. The zero-order chi connectivity index (χ0) is 15.7. The first kappa shape index (κ1) is 15.1. The first-order chi connectivity index (χ1) is 10.6. The average molecular weight is 399 g/mol. The highest BCUT2D eigenvalue weighted by atomic mass is 127. The highest BCUT2D eigenvalue weighted by Gasteiger charge is 2.13. The molecule has 22 heavy (non-hydrogen) atoms. The molecule has 3 rings (SSSR count). The van der Waals surface area contributed by atoms with Crippen molar-refractivity contribution in [2.24, 2.45) is 0 Å². The van der Waals surface area contributed by atoms with Crippen LogP contribution in [0.3, 0.4) is 0 Å². The molecule has 0 aromatic heterocycles. The van der Waals surface area contributed by atoms with Gasteiger partial charge in [0.1, 0.15) is 0 Å². The van der Waals surface area contributed by atoms with E-state index in [2.05, 4.69) is 91.0 Å². The quantitative estimate of drug-likeness (QED) is 0.426. The van der Waals surface area contributed by atoms with Crippen LogP contribution in [-0.2, 0) is 0 Å². The predicted molar refractivity (Wildman–Crippen MR) is 104 cm³/mol. The van der Waals surface area contributed by atoms with Gasteiger partial charge in [0.2, 0.25) is 0 Å². The molecular weight excluding hydrogens is 381 g/mol. The van der Waals surface area contributed by atoms with Crippen molar-refractivity contribution in [3.05, 3.63) is 75.4 Å². The minimum absolute atomic E-state index is 0.839. The summed E-state index contributed by atoms with van der Waals surface area (Å²) in [6, 6.07) is 21.3. The average Bonchev–Trinajstić information content (AvgIpc) is 2.52. The third-order valence-electron chi connectivity index (χ3n) is 4.08. The van der Waals surface area contributed by atoms with Crippen molar-refractivity contribution in [3.63, 3.8) is 0 Å². The van der Waals surface area contributed by atoms with E-state index in [1.807, 2.05) is 6.07 Å². The fourth-order valence-electron chi connectivity index (χ4n) is 2.82. The summed E-state index contributed by atoms with van der Waals surface area (Å²) in [6.07, 6.45) is 0. The summed E-state index contributed by atoms with van der Waals surface area (Å²) < 4.78 is 1.24. The second kappa shape index (κ2) is 6.13. The molecule has 0 aliphatic heterocycles. The van der Waals surface area contributed by atoms with Gasteiger partial charge in [-0.25, -0.2) is 0 Å². The molecule has 2 heteroatoms. The lowest BCUT2D eigenvalue weighted by Crippen LogP contribution is -1.96. The second-order valence-electron chi connectivity index (χ2n) is 5.52. The van der Waals surface area contributed by atoms with Crippen molar-refractivity contribution in [2.75, 3.05) is 5.73 Å². The van der Waals surface area contributed by atoms with Gasteiger partial charge in [-0.2, -0.15) is 0 Å². The molecule has 2 N–H and O–H groups in total. The molecule has 1 nitrogen and oxygen atoms in total. The standard InChI is InChI=1S/C20H18IN/c1-13-5-3-4-6-17(13)18-11-12-19(22)14(2)20(18)15-7-9-16(21)10-8-15/h3-12H,22H2,1-2H3. The van der Waals surface area contributed by atoms with Crippen LogP contribution in [0.2, 0.25) is 0 Å². The molecule has 0 fully saturated rings. The van der Waals surface area contributed by atoms with E-state index in [1.165, 1.54) is 31.4 Å². The van der Waals surface area contributed by atoms with Gasteiger partial charge in [0.15, 0.2) is 0 Å². The number of hydrogen-bond donors (Lipinski definition) is 1. The van der Waals surface area contributed by atoms with Gasteiger partial charge in [-0.05, 0) is 88.0 Å². The smallest absolute Gasteiger partial charge is 0.0350 e. The minimum Gasteiger partial charge on any atom is -0.398 e. The van der Waals surface area contributed by atoms with Gasteiger partial charge in [0, 0.05) is 9.26 Å². The van der Waals surface area contributed by atoms with Crippen LogP contribution in [0.5, 0.6) is 0 Å². The van der Waals surface area contributed by atoms with Crippen LogP contribution in [0, 0.1) is 17.4 Å².